The van der Waals surface area contributed by atoms with E-state index in [2.05, 4.69) is 22.1 Å². The van der Waals surface area contributed by atoms with Crippen LogP contribution in [0.2, 0.25) is 0 Å². The molecule has 3 amide bonds. The summed E-state index contributed by atoms with van der Waals surface area (Å²) < 4.78 is 33.7. The highest BCUT2D eigenvalue weighted by atomic mass is 19.1. The summed E-state index contributed by atoms with van der Waals surface area (Å²) in [6, 6.07) is 3.26. The highest BCUT2D eigenvalue weighted by Crippen LogP contribution is 2.27. The summed E-state index contributed by atoms with van der Waals surface area (Å²) in [7, 11) is 5.29. The number of rotatable bonds is 6. The van der Waals surface area contributed by atoms with Crippen LogP contribution in [0.5, 0.6) is 5.88 Å². The van der Waals surface area contributed by atoms with E-state index < -0.39 is 29.8 Å². The summed E-state index contributed by atoms with van der Waals surface area (Å²) in [6.45, 7) is 4.20. The molecule has 3 atom stereocenters. The molecule has 0 bridgehead atoms. The number of anilines is 1. The van der Waals surface area contributed by atoms with Crippen LogP contribution in [0.15, 0.2) is 30.5 Å². The van der Waals surface area contributed by atoms with Crippen molar-refractivity contribution < 1.29 is 28.2 Å². The average Bonchev–Trinajstić information content (AvgIpc) is 2.87. The molecule has 2 N–H and O–H groups in total. The number of benzene rings is 1. The Kier molecular flexibility index (Phi) is 9.61. The van der Waals surface area contributed by atoms with Crippen LogP contribution in [0.25, 0.3) is 0 Å². The van der Waals surface area contributed by atoms with E-state index in [1.54, 1.807) is 17.9 Å². The van der Waals surface area contributed by atoms with Crippen molar-refractivity contribution in [1.29, 1.82) is 0 Å². The van der Waals surface area contributed by atoms with Gasteiger partial charge in [0.25, 0.3) is 5.91 Å². The van der Waals surface area contributed by atoms with Crippen molar-refractivity contribution in [2.45, 2.75) is 26.0 Å². The monoisotopic (exact) mass is 529 g/mol. The van der Waals surface area contributed by atoms with Gasteiger partial charge in [0.2, 0.25) is 5.88 Å². The van der Waals surface area contributed by atoms with Gasteiger partial charge in [-0.15, -0.1) is 0 Å². The molecule has 0 radical (unpaired) electrons. The first-order valence-corrected chi connectivity index (χ1v) is 12.2. The molecule has 1 aliphatic heterocycles. The van der Waals surface area contributed by atoms with Gasteiger partial charge < -0.3 is 25.0 Å². The fourth-order valence-corrected chi connectivity index (χ4v) is 3.85. The second-order valence-electron chi connectivity index (χ2n) is 9.67. The maximum Gasteiger partial charge on any atom is 0.321 e. The van der Waals surface area contributed by atoms with Gasteiger partial charge in [-0.1, -0.05) is 18.8 Å². The van der Waals surface area contributed by atoms with Crippen molar-refractivity contribution in [2.75, 3.05) is 52.7 Å². The van der Waals surface area contributed by atoms with Crippen LogP contribution in [0, 0.1) is 29.4 Å². The van der Waals surface area contributed by atoms with Gasteiger partial charge in [0.05, 0.1) is 31.4 Å². The molecule has 2 heterocycles. The molecule has 0 fully saturated rings. The van der Waals surface area contributed by atoms with Gasteiger partial charge in [-0.25, -0.2) is 18.6 Å². The molecule has 38 heavy (non-hydrogen) atoms. The van der Waals surface area contributed by atoms with Crippen molar-refractivity contribution in [2.24, 2.45) is 5.92 Å². The number of urea groups is 1. The molecule has 0 unspecified atom stereocenters. The third kappa shape index (κ3) is 7.18. The fourth-order valence-electron chi connectivity index (χ4n) is 3.85. The molecular formula is C27H33F2N5O4. The molecule has 0 saturated heterocycles. The lowest BCUT2D eigenvalue weighted by Gasteiger charge is -2.37. The summed E-state index contributed by atoms with van der Waals surface area (Å²) in [6.07, 6.45) is 0.905. The van der Waals surface area contributed by atoms with Crippen LogP contribution in [0.4, 0.5) is 19.3 Å². The zero-order chi connectivity index (χ0) is 28.0. The number of aliphatic hydroxyl groups is 1. The number of carbonyl (C=O) groups excluding carboxylic acids is 2. The molecular weight excluding hydrogens is 496 g/mol. The second kappa shape index (κ2) is 12.7. The van der Waals surface area contributed by atoms with Crippen LogP contribution in [0.3, 0.4) is 0 Å². The minimum absolute atomic E-state index is 0.0605. The van der Waals surface area contributed by atoms with Crippen molar-refractivity contribution in [3.05, 3.63) is 53.2 Å². The number of hydrogen-bond acceptors (Lipinski definition) is 6. The van der Waals surface area contributed by atoms with Crippen molar-refractivity contribution >= 4 is 17.6 Å². The topological polar surface area (TPSA) is 98.2 Å². The number of aromatic nitrogens is 1. The summed E-state index contributed by atoms with van der Waals surface area (Å²) in [4.78, 5) is 35.3. The predicted octanol–water partition coefficient (Wildman–Crippen LogP) is 2.66. The van der Waals surface area contributed by atoms with Gasteiger partial charge in [0.15, 0.2) is 0 Å². The van der Waals surface area contributed by atoms with Crippen LogP contribution >= 0.6 is 0 Å². The summed E-state index contributed by atoms with van der Waals surface area (Å²) in [5.41, 5.74) is 0.461. The first kappa shape index (κ1) is 28.8. The SMILES string of the molecule is C[C@H]1CN([C@@H](C)CO)C(=O)c2cc(C#CCN(C)C)cnc2O[C@@H]1CN(C)C(=O)Nc1cc(F)ccc1F. The maximum absolute atomic E-state index is 14.0. The van der Waals surface area contributed by atoms with E-state index in [1.807, 2.05) is 25.9 Å². The first-order valence-electron chi connectivity index (χ1n) is 12.2. The van der Waals surface area contributed by atoms with Crippen molar-refractivity contribution in [1.82, 2.24) is 19.7 Å². The molecule has 204 valence electrons. The highest BCUT2D eigenvalue weighted by Gasteiger charge is 2.34. The van der Waals surface area contributed by atoms with Gasteiger partial charge in [0, 0.05) is 37.3 Å². The second-order valence-corrected chi connectivity index (χ2v) is 9.67. The van der Waals surface area contributed by atoms with Gasteiger partial charge in [0.1, 0.15) is 23.3 Å². The largest absolute Gasteiger partial charge is 0.472 e. The van der Waals surface area contributed by atoms with Crippen LogP contribution in [-0.2, 0) is 0 Å². The van der Waals surface area contributed by atoms with E-state index >= 15 is 0 Å². The van der Waals surface area contributed by atoms with E-state index in [-0.39, 0.29) is 48.7 Å². The smallest absolute Gasteiger partial charge is 0.321 e. The van der Waals surface area contributed by atoms with Gasteiger partial charge >= 0.3 is 6.03 Å². The van der Waals surface area contributed by atoms with Crippen molar-refractivity contribution in [3.8, 4) is 17.7 Å². The molecule has 1 aromatic heterocycles. The lowest BCUT2D eigenvalue weighted by molar-refractivity contribution is 0.0356. The Morgan fingerprint density at radius 2 is 2.05 bits per heavy atom. The van der Waals surface area contributed by atoms with Crippen LogP contribution in [-0.4, -0.2) is 96.3 Å². The number of fused-ring (bicyclic) bond motifs is 1. The van der Waals surface area contributed by atoms with E-state index in [0.717, 1.165) is 18.2 Å². The minimum Gasteiger partial charge on any atom is -0.472 e. The van der Waals surface area contributed by atoms with E-state index in [9.17, 15) is 23.5 Å². The summed E-state index contributed by atoms with van der Waals surface area (Å²) in [5.74, 6) is 4.02. The quantitative estimate of drug-likeness (QED) is 0.559. The fraction of sp³-hybridized carbons (Fsp3) is 0.444. The third-order valence-electron chi connectivity index (χ3n) is 6.12. The van der Waals surface area contributed by atoms with Gasteiger partial charge in [-0.05, 0) is 39.2 Å². The molecule has 1 aromatic carbocycles. The number of pyridine rings is 1. The molecule has 3 rings (SSSR count). The normalized spacial score (nSPS) is 17.9. The number of carbonyl (C=O) groups is 2. The number of amides is 3. The molecule has 1 aliphatic rings. The Morgan fingerprint density at radius 3 is 2.74 bits per heavy atom. The number of nitrogens with one attached hydrogen (secondary N) is 1. The molecule has 0 spiro atoms. The highest BCUT2D eigenvalue weighted by molar-refractivity contribution is 5.97. The Labute approximate surface area is 221 Å². The van der Waals surface area contributed by atoms with Gasteiger partial charge in [-0.3, -0.25) is 9.69 Å². The molecule has 2 aromatic rings. The Balaban J connectivity index is 1.88. The summed E-state index contributed by atoms with van der Waals surface area (Å²) in [5, 5.41) is 12.2. The number of hydrogen-bond donors (Lipinski definition) is 2. The van der Waals surface area contributed by atoms with E-state index in [4.69, 9.17) is 4.74 Å². The number of aliphatic hydroxyl groups excluding tert-OH is 1. The van der Waals surface area contributed by atoms with Crippen LogP contribution < -0.4 is 10.1 Å². The maximum atomic E-state index is 14.0. The predicted molar refractivity (Wildman–Crippen MR) is 139 cm³/mol. The number of nitrogens with zero attached hydrogens (tertiary/aromatic N) is 4. The molecule has 9 nitrogen and oxygen atoms in total. The lowest BCUT2D eigenvalue weighted by atomic mass is 10.00. The van der Waals surface area contributed by atoms with Crippen molar-refractivity contribution in [3.63, 3.8) is 0 Å². The zero-order valence-corrected chi connectivity index (χ0v) is 22.2. The lowest BCUT2D eigenvalue weighted by Crippen LogP contribution is -2.50. The first-order chi connectivity index (χ1) is 18.0. The Bertz CT molecular complexity index is 1230. The Morgan fingerprint density at radius 1 is 1.32 bits per heavy atom. The molecule has 0 saturated carbocycles. The van der Waals surface area contributed by atoms with E-state index in [1.165, 1.54) is 18.1 Å². The zero-order valence-electron chi connectivity index (χ0n) is 22.2. The molecule has 0 aliphatic carbocycles. The number of halogens is 2. The van der Waals surface area contributed by atoms with Crippen LogP contribution in [0.1, 0.15) is 29.8 Å². The number of ether oxygens (including phenoxy) is 1. The Hall–Kier alpha value is -3.75. The van der Waals surface area contributed by atoms with Gasteiger partial charge in [-0.2, -0.15) is 0 Å². The third-order valence-corrected chi connectivity index (χ3v) is 6.12. The standard InChI is InChI=1S/C27H33F2N5O4/c1-17-14-34(18(2)16-35)26(36)21-11-19(7-6-10-32(3)4)13-30-25(21)38-24(17)15-33(5)27(37)31-23-12-20(28)8-9-22(23)29/h8-9,11-13,17-18,24,35H,10,14-16H2,1-5H3,(H,31,37)/t17-,18-,24+/m0/s1. The minimum atomic E-state index is -0.765. The van der Waals surface area contributed by atoms with E-state index in [0.29, 0.717) is 12.1 Å². The number of likely N-dealkylation sites (N-methyl/N-ethyl adjacent to an activating group) is 1. The average molecular weight is 530 g/mol. The summed E-state index contributed by atoms with van der Waals surface area (Å²) >= 11 is 0. The molecule has 11 heteroatoms.